The number of rotatable bonds is 6. The van der Waals surface area contributed by atoms with Crippen LogP contribution in [0.4, 0.5) is 10.1 Å². The zero-order valence-corrected chi connectivity index (χ0v) is 34.9. The van der Waals surface area contributed by atoms with E-state index in [2.05, 4.69) is 45.4 Å². The highest BCUT2D eigenvalue weighted by Crippen LogP contribution is 2.48. The molecule has 0 aromatic heterocycles. The fourth-order valence-corrected chi connectivity index (χ4v) is 11.3. The summed E-state index contributed by atoms with van der Waals surface area (Å²) in [6.45, 7) is 5.14. The number of anilines is 1. The van der Waals surface area contributed by atoms with Crippen LogP contribution in [0.5, 0.6) is 5.75 Å². The van der Waals surface area contributed by atoms with Crippen LogP contribution >= 0.6 is 0 Å². The second kappa shape index (κ2) is 16.1. The van der Waals surface area contributed by atoms with Crippen molar-refractivity contribution >= 4 is 35.2 Å². The molecular weight excluding hydrogens is 786 g/mol. The first-order valence-electron chi connectivity index (χ1n) is 22.3. The van der Waals surface area contributed by atoms with Crippen LogP contribution in [0.25, 0.3) is 0 Å². The normalized spacial score (nSPS) is 23.8. The fraction of sp³-hybridized carbons (Fsp3) is 0.420. The number of aromatic hydroxyl groups is 1. The Morgan fingerprint density at radius 3 is 1.97 bits per heavy atom. The summed E-state index contributed by atoms with van der Waals surface area (Å²) in [6.07, 6.45) is 7.48. The van der Waals surface area contributed by atoms with Gasteiger partial charge in [-0.3, -0.25) is 39.1 Å². The Hall–Kier alpha value is -5.88. The lowest BCUT2D eigenvalue weighted by Crippen LogP contribution is -2.54. The Labute approximate surface area is 360 Å². The molecule has 1 spiro atoms. The Morgan fingerprint density at radius 2 is 1.32 bits per heavy atom. The summed E-state index contributed by atoms with van der Waals surface area (Å²) in [5.74, 6) is -1.49. The van der Waals surface area contributed by atoms with Crippen LogP contribution in [0.3, 0.4) is 0 Å². The number of aryl methyl sites for hydroxylation is 1. The van der Waals surface area contributed by atoms with Crippen LogP contribution < -0.4 is 10.2 Å². The van der Waals surface area contributed by atoms with Gasteiger partial charge in [0.25, 0.3) is 11.8 Å². The molecular formula is C50H52FN5O6. The van der Waals surface area contributed by atoms with Gasteiger partial charge in [0.1, 0.15) is 17.6 Å². The number of nitrogens with one attached hydrogen (secondary N) is 1. The maximum atomic E-state index is 13.9. The van der Waals surface area contributed by atoms with E-state index in [0.29, 0.717) is 43.6 Å². The molecule has 4 aromatic carbocycles. The number of phenolic OH excluding ortho intramolecular Hbond substituents is 1. The average Bonchev–Trinajstić information content (AvgIpc) is 3.37. The number of imide groups is 2. The number of halogens is 1. The van der Waals surface area contributed by atoms with Crippen molar-refractivity contribution in [1.29, 1.82) is 0 Å². The van der Waals surface area contributed by atoms with Crippen LogP contribution in [0.1, 0.15) is 111 Å². The Morgan fingerprint density at radius 1 is 0.694 bits per heavy atom. The van der Waals surface area contributed by atoms with Gasteiger partial charge in [0, 0.05) is 57.3 Å². The largest absolute Gasteiger partial charge is 0.508 e. The van der Waals surface area contributed by atoms with E-state index >= 15 is 0 Å². The highest BCUT2D eigenvalue weighted by atomic mass is 19.1. The van der Waals surface area contributed by atoms with Crippen LogP contribution in [-0.2, 0) is 33.6 Å². The maximum Gasteiger partial charge on any atom is 0.262 e. The topological polar surface area (TPSA) is 131 Å². The molecule has 2 N–H and O–H groups in total. The maximum absolute atomic E-state index is 13.9. The third kappa shape index (κ3) is 7.46. The molecule has 3 saturated heterocycles. The number of piperidine rings is 3. The number of benzene rings is 4. The van der Waals surface area contributed by atoms with E-state index in [9.17, 15) is 33.5 Å². The number of hydrogen-bond donors (Lipinski definition) is 2. The van der Waals surface area contributed by atoms with E-state index < -0.39 is 29.7 Å². The first-order chi connectivity index (χ1) is 30.0. The lowest BCUT2D eigenvalue weighted by Gasteiger charge is -2.47. The highest BCUT2D eigenvalue weighted by molar-refractivity contribution is 6.23. The minimum Gasteiger partial charge on any atom is -0.508 e. The summed E-state index contributed by atoms with van der Waals surface area (Å²) in [6, 6.07) is 24.2. The lowest BCUT2D eigenvalue weighted by molar-refractivity contribution is -0.136. The van der Waals surface area contributed by atoms with E-state index in [1.54, 1.807) is 30.3 Å². The van der Waals surface area contributed by atoms with Gasteiger partial charge in [-0.05, 0) is 151 Å². The number of hydrogen-bond acceptors (Lipinski definition) is 8. The molecule has 3 fully saturated rings. The van der Waals surface area contributed by atoms with Gasteiger partial charge < -0.3 is 14.9 Å². The molecule has 0 bridgehead atoms. The molecule has 5 amide bonds. The predicted molar refractivity (Wildman–Crippen MR) is 231 cm³/mol. The zero-order chi connectivity index (χ0) is 42.7. The van der Waals surface area contributed by atoms with Gasteiger partial charge in [0.2, 0.25) is 17.7 Å². The molecule has 1 aliphatic carbocycles. The number of nitrogens with zero attached hydrogens (tertiary/aromatic N) is 4. The van der Waals surface area contributed by atoms with Gasteiger partial charge in [-0.15, -0.1) is 0 Å². The van der Waals surface area contributed by atoms with E-state index in [4.69, 9.17) is 0 Å². The molecule has 12 heteroatoms. The van der Waals surface area contributed by atoms with Gasteiger partial charge in [-0.1, -0.05) is 30.3 Å². The molecule has 1 unspecified atom stereocenters. The second-order valence-electron chi connectivity index (χ2n) is 18.4. The SMILES string of the molecule is O=C1CCC(N2C(=O)c3cc4c(cc3C2=O)CCN(CC(=O)N2CCC3(CC2)CCN(c2ccc([C@@H]5c6ccc(O)cc6CC[C@@H]5c5ccc(F)cc5)cc2)CC3)CC4)C(=O)N1. The van der Waals surface area contributed by atoms with Crippen LogP contribution in [0, 0.1) is 11.2 Å². The standard InChI is InChI=1S/C50H52FN5O6/c51-36-6-1-31(2-7-36)39-11-5-35-27-38(57)10-12-40(35)46(39)32-3-8-37(9-4-32)54-23-17-50(18-24-54)19-25-55(26-20-50)45(59)30-53-21-15-33-28-41-42(29-34(33)16-22-53)49(62)56(48(41)61)43-13-14-44(58)52-47(43)60/h1-4,6-10,12,27-29,39,43,46,57H,5,11,13-26,30H2,(H,52,58,60)/t39-,43?,46+/m1/s1. The van der Waals surface area contributed by atoms with Gasteiger partial charge in [0.15, 0.2) is 0 Å². The highest BCUT2D eigenvalue weighted by Gasteiger charge is 2.45. The summed E-state index contributed by atoms with van der Waals surface area (Å²) >= 11 is 0. The van der Waals surface area contributed by atoms with Crippen LogP contribution in [-0.4, -0.2) is 101 Å². The number of phenols is 1. The fourth-order valence-electron chi connectivity index (χ4n) is 11.3. The van der Waals surface area contributed by atoms with Crippen LogP contribution in [0.15, 0.2) is 78.9 Å². The molecule has 3 atom stereocenters. The zero-order valence-electron chi connectivity index (χ0n) is 34.9. The summed E-state index contributed by atoms with van der Waals surface area (Å²) in [5, 5.41) is 12.5. The van der Waals surface area contributed by atoms with Crippen molar-refractivity contribution in [3.05, 3.63) is 129 Å². The van der Waals surface area contributed by atoms with Gasteiger partial charge in [0.05, 0.1) is 17.7 Å². The van der Waals surface area contributed by atoms with Gasteiger partial charge in [-0.25, -0.2) is 4.39 Å². The minimum atomic E-state index is -0.988. The minimum absolute atomic E-state index is 0.0817. The molecule has 10 rings (SSSR count). The first kappa shape index (κ1) is 40.2. The van der Waals surface area contributed by atoms with Crippen molar-refractivity contribution < 1.29 is 33.5 Å². The molecule has 0 radical (unpaired) electrons. The van der Waals surface area contributed by atoms with Crippen molar-refractivity contribution in [2.45, 2.75) is 82.1 Å². The number of fused-ring (bicyclic) bond motifs is 3. The number of amides is 5. The van der Waals surface area contributed by atoms with Crippen molar-refractivity contribution in [3.63, 3.8) is 0 Å². The van der Waals surface area contributed by atoms with Crippen molar-refractivity contribution in [1.82, 2.24) is 20.0 Å². The molecule has 320 valence electrons. The van der Waals surface area contributed by atoms with E-state index in [1.807, 2.05) is 23.1 Å². The predicted octanol–water partition coefficient (Wildman–Crippen LogP) is 6.10. The monoisotopic (exact) mass is 837 g/mol. The average molecular weight is 838 g/mol. The smallest absolute Gasteiger partial charge is 0.262 e. The van der Waals surface area contributed by atoms with Crippen molar-refractivity contribution in [2.24, 2.45) is 5.41 Å². The van der Waals surface area contributed by atoms with E-state index in [1.165, 1.54) is 22.4 Å². The summed E-state index contributed by atoms with van der Waals surface area (Å²) in [4.78, 5) is 72.4. The Kier molecular flexibility index (Phi) is 10.4. The van der Waals surface area contributed by atoms with Gasteiger partial charge in [-0.2, -0.15) is 0 Å². The summed E-state index contributed by atoms with van der Waals surface area (Å²) in [7, 11) is 0. The van der Waals surface area contributed by atoms with Crippen LogP contribution in [0.2, 0.25) is 0 Å². The van der Waals surface area contributed by atoms with Crippen molar-refractivity contribution in [3.8, 4) is 5.75 Å². The third-order valence-corrected chi connectivity index (χ3v) is 15.0. The lowest BCUT2D eigenvalue weighted by atomic mass is 9.69. The summed E-state index contributed by atoms with van der Waals surface area (Å²) < 4.78 is 13.9. The van der Waals surface area contributed by atoms with E-state index in [-0.39, 0.29) is 47.6 Å². The molecule has 11 nitrogen and oxygen atoms in total. The first-order valence-corrected chi connectivity index (χ1v) is 22.3. The van der Waals surface area contributed by atoms with E-state index in [0.717, 1.165) is 86.3 Å². The molecule has 5 aliphatic heterocycles. The molecule has 4 aromatic rings. The summed E-state index contributed by atoms with van der Waals surface area (Å²) in [5.41, 5.74) is 8.78. The Balaban J connectivity index is 0.724. The third-order valence-electron chi connectivity index (χ3n) is 15.0. The molecule has 5 heterocycles. The number of carbonyl (C=O) groups is 5. The number of carbonyl (C=O) groups excluding carboxylic acids is 5. The molecule has 62 heavy (non-hydrogen) atoms. The quantitative estimate of drug-likeness (QED) is 0.223. The molecule has 6 aliphatic rings. The Bertz CT molecular complexity index is 2410. The molecule has 0 saturated carbocycles. The number of likely N-dealkylation sites (tertiary alicyclic amines) is 1. The van der Waals surface area contributed by atoms with Crippen molar-refractivity contribution in [2.75, 3.05) is 50.7 Å². The van der Waals surface area contributed by atoms with Gasteiger partial charge >= 0.3 is 0 Å². The second-order valence-corrected chi connectivity index (χ2v) is 18.4.